The van der Waals surface area contributed by atoms with E-state index in [0.29, 0.717) is 11.3 Å². The Morgan fingerprint density at radius 1 is 0.964 bits per heavy atom. The lowest BCUT2D eigenvalue weighted by Crippen LogP contribution is -2.30. The molecule has 9 heteroatoms. The number of hydrogen-bond donors (Lipinski definition) is 2. The van der Waals surface area contributed by atoms with E-state index in [4.69, 9.17) is 4.74 Å². The second-order valence-electron chi connectivity index (χ2n) is 6.34. The van der Waals surface area contributed by atoms with Gasteiger partial charge in [-0.05, 0) is 69.3 Å². The molecule has 28 heavy (non-hydrogen) atoms. The minimum atomic E-state index is -3.61. The number of nitrogens with one attached hydrogen (secondary N) is 2. The Bertz CT molecular complexity index is 941. The van der Waals surface area contributed by atoms with Crippen LogP contribution in [-0.2, 0) is 19.6 Å². The van der Waals surface area contributed by atoms with Gasteiger partial charge < -0.3 is 10.1 Å². The molecule has 0 heterocycles. The molecule has 2 aromatic carbocycles. The normalized spacial score (nSPS) is 12.5. The monoisotopic (exact) mass is 468 g/mol. The maximum Gasteiger partial charge on any atom is 0.338 e. The molecule has 0 aromatic heterocycles. The minimum Gasteiger partial charge on any atom is -0.449 e. The van der Waals surface area contributed by atoms with Crippen LogP contribution in [0.15, 0.2) is 57.9 Å². The number of carbonyl (C=O) groups excluding carboxylic acids is 2. The summed E-state index contributed by atoms with van der Waals surface area (Å²) in [6.07, 6.45) is -1.03. The Kier molecular flexibility index (Phi) is 7.34. The van der Waals surface area contributed by atoms with Crippen molar-refractivity contribution in [2.24, 2.45) is 0 Å². The van der Waals surface area contributed by atoms with Gasteiger partial charge in [-0.3, -0.25) is 4.79 Å². The zero-order valence-corrected chi connectivity index (χ0v) is 18.0. The average molecular weight is 469 g/mol. The standard InChI is InChI=1S/C19H21BrN2O5S/c1-12(2)22-28(25,26)17-10-8-16(9-11-17)21-18(23)13(3)27-19(24)14-4-6-15(20)7-5-14/h4-13,22H,1-3H3,(H,21,23). The van der Waals surface area contributed by atoms with Crippen molar-refractivity contribution in [1.29, 1.82) is 0 Å². The quantitative estimate of drug-likeness (QED) is 0.606. The zero-order valence-electron chi connectivity index (χ0n) is 15.6. The highest BCUT2D eigenvalue weighted by Crippen LogP contribution is 2.16. The number of benzene rings is 2. The van der Waals surface area contributed by atoms with Crippen molar-refractivity contribution >= 4 is 43.5 Å². The van der Waals surface area contributed by atoms with E-state index < -0.39 is 28.0 Å². The van der Waals surface area contributed by atoms with E-state index in [1.807, 2.05) is 0 Å². The largest absolute Gasteiger partial charge is 0.449 e. The summed E-state index contributed by atoms with van der Waals surface area (Å²) < 4.78 is 32.7. The molecule has 1 atom stereocenters. The first kappa shape index (κ1) is 22.1. The molecule has 0 spiro atoms. The number of amides is 1. The van der Waals surface area contributed by atoms with Gasteiger partial charge in [0.2, 0.25) is 10.0 Å². The number of hydrogen-bond acceptors (Lipinski definition) is 5. The fraction of sp³-hybridized carbons (Fsp3) is 0.263. The van der Waals surface area contributed by atoms with Gasteiger partial charge in [0.15, 0.2) is 6.10 Å². The minimum absolute atomic E-state index is 0.0916. The molecule has 7 nitrogen and oxygen atoms in total. The molecular weight excluding hydrogens is 448 g/mol. The molecule has 0 radical (unpaired) electrons. The summed E-state index contributed by atoms with van der Waals surface area (Å²) in [5.41, 5.74) is 0.718. The van der Waals surface area contributed by atoms with Crippen LogP contribution in [0.25, 0.3) is 0 Å². The Morgan fingerprint density at radius 2 is 1.54 bits per heavy atom. The number of halogens is 1. The molecule has 2 rings (SSSR count). The number of esters is 1. The maximum atomic E-state index is 12.2. The highest BCUT2D eigenvalue weighted by molar-refractivity contribution is 9.10. The fourth-order valence-electron chi connectivity index (χ4n) is 2.21. The molecule has 0 aliphatic carbocycles. The first-order chi connectivity index (χ1) is 13.1. The van der Waals surface area contributed by atoms with Crippen molar-refractivity contribution in [3.05, 3.63) is 58.6 Å². The van der Waals surface area contributed by atoms with Gasteiger partial charge >= 0.3 is 5.97 Å². The molecule has 0 saturated carbocycles. The summed E-state index contributed by atoms with van der Waals surface area (Å²) in [5, 5.41) is 2.59. The maximum absolute atomic E-state index is 12.2. The molecule has 150 valence electrons. The molecule has 2 N–H and O–H groups in total. The highest BCUT2D eigenvalue weighted by atomic mass is 79.9. The molecule has 0 saturated heterocycles. The Hall–Kier alpha value is -2.23. The second kappa shape index (κ2) is 9.31. The van der Waals surface area contributed by atoms with Gasteiger partial charge in [0.05, 0.1) is 10.5 Å². The third-order valence-corrected chi connectivity index (χ3v) is 5.76. The van der Waals surface area contributed by atoms with Gasteiger partial charge in [0.1, 0.15) is 0 Å². The van der Waals surface area contributed by atoms with E-state index in [1.165, 1.54) is 31.2 Å². The van der Waals surface area contributed by atoms with Crippen molar-refractivity contribution in [2.45, 2.75) is 37.8 Å². The first-order valence-corrected chi connectivity index (χ1v) is 10.8. The summed E-state index contributed by atoms with van der Waals surface area (Å²) in [6.45, 7) is 4.91. The van der Waals surface area contributed by atoms with Crippen LogP contribution in [0.3, 0.4) is 0 Å². The smallest absolute Gasteiger partial charge is 0.338 e. The Balaban J connectivity index is 1.98. The van der Waals surface area contributed by atoms with Crippen LogP contribution in [0, 0.1) is 0 Å². The summed E-state index contributed by atoms with van der Waals surface area (Å²) in [5.74, 6) is -1.14. The molecule has 0 bridgehead atoms. The zero-order chi connectivity index (χ0) is 20.9. The number of sulfonamides is 1. The van der Waals surface area contributed by atoms with Gasteiger partial charge in [-0.15, -0.1) is 0 Å². The number of rotatable bonds is 7. The first-order valence-electron chi connectivity index (χ1n) is 8.48. The fourth-order valence-corrected chi connectivity index (χ4v) is 3.72. The van der Waals surface area contributed by atoms with E-state index >= 15 is 0 Å². The molecule has 1 amide bonds. The van der Waals surface area contributed by atoms with Crippen molar-refractivity contribution in [1.82, 2.24) is 4.72 Å². The van der Waals surface area contributed by atoms with E-state index in [9.17, 15) is 18.0 Å². The van der Waals surface area contributed by atoms with Crippen LogP contribution in [0.4, 0.5) is 5.69 Å². The van der Waals surface area contributed by atoms with Crippen molar-refractivity contribution in [3.63, 3.8) is 0 Å². The molecule has 0 aliphatic heterocycles. The van der Waals surface area contributed by atoms with Crippen molar-refractivity contribution in [3.8, 4) is 0 Å². The number of carbonyl (C=O) groups is 2. The van der Waals surface area contributed by atoms with E-state index in [-0.39, 0.29) is 10.9 Å². The van der Waals surface area contributed by atoms with Crippen LogP contribution >= 0.6 is 15.9 Å². The van der Waals surface area contributed by atoms with Crippen LogP contribution in [0.2, 0.25) is 0 Å². The van der Waals surface area contributed by atoms with E-state index in [2.05, 4.69) is 26.0 Å². The van der Waals surface area contributed by atoms with E-state index in [1.54, 1.807) is 38.1 Å². The average Bonchev–Trinajstić information content (AvgIpc) is 2.61. The third-order valence-electron chi connectivity index (χ3n) is 3.56. The number of ether oxygens (including phenoxy) is 1. The molecule has 0 aliphatic rings. The number of anilines is 1. The van der Waals surface area contributed by atoms with Crippen LogP contribution in [0.5, 0.6) is 0 Å². The van der Waals surface area contributed by atoms with Gasteiger partial charge in [0.25, 0.3) is 5.91 Å². The van der Waals surface area contributed by atoms with Crippen LogP contribution in [0.1, 0.15) is 31.1 Å². The summed E-state index contributed by atoms with van der Waals surface area (Å²) in [6, 6.07) is 12.0. The van der Waals surface area contributed by atoms with Crippen LogP contribution in [-0.4, -0.2) is 32.4 Å². The SMILES string of the molecule is CC(C)NS(=O)(=O)c1ccc(NC(=O)C(C)OC(=O)c2ccc(Br)cc2)cc1. The summed E-state index contributed by atoms with van der Waals surface area (Å²) in [4.78, 5) is 24.4. The molecule has 0 fully saturated rings. The Labute approximate surface area is 172 Å². The molecular formula is C19H21BrN2O5S. The van der Waals surface area contributed by atoms with Crippen molar-refractivity contribution in [2.75, 3.05) is 5.32 Å². The van der Waals surface area contributed by atoms with Gasteiger partial charge in [0, 0.05) is 16.2 Å². The summed E-state index contributed by atoms with van der Waals surface area (Å²) in [7, 11) is -3.61. The van der Waals surface area contributed by atoms with Gasteiger partial charge in [-0.1, -0.05) is 15.9 Å². The van der Waals surface area contributed by atoms with E-state index in [0.717, 1.165) is 4.47 Å². The summed E-state index contributed by atoms with van der Waals surface area (Å²) >= 11 is 3.28. The van der Waals surface area contributed by atoms with Crippen molar-refractivity contribution < 1.29 is 22.7 Å². The molecule has 1 unspecified atom stereocenters. The van der Waals surface area contributed by atoms with Gasteiger partial charge in [-0.2, -0.15) is 0 Å². The highest BCUT2D eigenvalue weighted by Gasteiger charge is 2.20. The van der Waals surface area contributed by atoms with Crippen LogP contribution < -0.4 is 10.0 Å². The van der Waals surface area contributed by atoms with Gasteiger partial charge in [-0.25, -0.2) is 17.9 Å². The predicted octanol–water partition coefficient (Wildman–Crippen LogP) is 3.32. The predicted molar refractivity (Wildman–Crippen MR) is 110 cm³/mol. The topological polar surface area (TPSA) is 102 Å². The molecule has 2 aromatic rings. The lowest BCUT2D eigenvalue weighted by Gasteiger charge is -2.14. The second-order valence-corrected chi connectivity index (χ2v) is 8.97. The lowest BCUT2D eigenvalue weighted by atomic mass is 10.2. The third kappa shape index (κ3) is 6.15. The lowest BCUT2D eigenvalue weighted by molar-refractivity contribution is -0.123. The Morgan fingerprint density at radius 3 is 2.07 bits per heavy atom.